The van der Waals surface area contributed by atoms with Gasteiger partial charge in [-0.1, -0.05) is 43.5 Å². The third-order valence-corrected chi connectivity index (χ3v) is 4.66. The lowest BCUT2D eigenvalue weighted by Gasteiger charge is -2.09. The fourth-order valence-corrected chi connectivity index (χ4v) is 3.34. The molecule has 2 nitrogen and oxygen atoms in total. The second-order valence-corrected chi connectivity index (χ2v) is 5.93. The predicted octanol–water partition coefficient (Wildman–Crippen LogP) is 4.45. The van der Waals surface area contributed by atoms with Gasteiger partial charge in [0.05, 0.1) is 0 Å². The number of hydrogen-bond donors (Lipinski definition) is 0. The van der Waals surface area contributed by atoms with E-state index >= 15 is 0 Å². The van der Waals surface area contributed by atoms with Gasteiger partial charge in [-0.2, -0.15) is 0 Å². The molecule has 0 fully saturated rings. The number of rotatable bonds is 4. The maximum atomic E-state index is 11.7. The average Bonchev–Trinajstić information content (AvgIpc) is 2.49. The lowest BCUT2D eigenvalue weighted by Crippen LogP contribution is -1.91. The zero-order valence-electron chi connectivity index (χ0n) is 10.7. The number of benzene rings is 2. The Labute approximate surface area is 125 Å². The van der Waals surface area contributed by atoms with Crippen LogP contribution in [0.15, 0.2) is 71.5 Å². The van der Waals surface area contributed by atoms with Crippen LogP contribution in [0.25, 0.3) is 10.8 Å². The van der Waals surface area contributed by atoms with E-state index in [1.54, 1.807) is 0 Å². The third kappa shape index (κ3) is 3.21. The largest absolute Gasteiger partial charge is 0.282 e. The van der Waals surface area contributed by atoms with E-state index in [4.69, 9.17) is 0 Å². The summed E-state index contributed by atoms with van der Waals surface area (Å²) in [4.78, 5) is 24.8. The molecule has 0 saturated carbocycles. The number of hydrogen-bond acceptors (Lipinski definition) is 4. The van der Waals surface area contributed by atoms with Gasteiger partial charge in [0.2, 0.25) is 10.2 Å². The molecule has 0 atom stereocenters. The maximum Gasteiger partial charge on any atom is 0.216 e. The van der Waals surface area contributed by atoms with Crippen LogP contribution in [-0.2, 0) is 9.59 Å². The first-order valence-electron chi connectivity index (χ1n) is 5.86. The minimum absolute atomic E-state index is 0.144. The Balaban J connectivity index is 2.57. The van der Waals surface area contributed by atoms with Gasteiger partial charge in [0, 0.05) is 9.79 Å². The summed E-state index contributed by atoms with van der Waals surface area (Å²) < 4.78 is 0. The molecule has 0 spiro atoms. The maximum absolute atomic E-state index is 11.7. The molecular formula is C16H12O2S2. The zero-order valence-corrected chi connectivity index (χ0v) is 12.3. The topological polar surface area (TPSA) is 34.1 Å². The molecule has 0 aliphatic rings. The quantitative estimate of drug-likeness (QED) is 0.617. The molecule has 2 aromatic carbocycles. The normalized spacial score (nSPS) is 10.2. The Bertz CT molecular complexity index is 705. The van der Waals surface area contributed by atoms with Crippen LogP contribution in [0.4, 0.5) is 0 Å². The molecule has 0 aliphatic heterocycles. The molecular weight excluding hydrogens is 288 g/mol. The highest BCUT2D eigenvalue weighted by Gasteiger charge is 2.13. The van der Waals surface area contributed by atoms with Crippen LogP contribution >= 0.6 is 23.5 Å². The molecule has 4 heteroatoms. The third-order valence-electron chi connectivity index (χ3n) is 2.59. The van der Waals surface area contributed by atoms with Crippen molar-refractivity contribution in [3.05, 3.63) is 61.7 Å². The highest BCUT2D eigenvalue weighted by atomic mass is 32.2. The van der Waals surface area contributed by atoms with Gasteiger partial charge in [-0.25, -0.2) is 0 Å². The highest BCUT2D eigenvalue weighted by molar-refractivity contribution is 8.16. The van der Waals surface area contributed by atoms with Gasteiger partial charge < -0.3 is 0 Å². The molecule has 0 aliphatic carbocycles. The number of thioether (sulfide) groups is 2. The molecule has 0 aromatic heterocycles. The molecule has 0 bridgehead atoms. The lowest BCUT2D eigenvalue weighted by atomic mass is 10.1. The van der Waals surface area contributed by atoms with E-state index in [0.717, 1.165) is 44.1 Å². The molecule has 2 aromatic rings. The van der Waals surface area contributed by atoms with Crippen molar-refractivity contribution in [2.75, 3.05) is 0 Å². The van der Waals surface area contributed by atoms with Gasteiger partial charge in [0.25, 0.3) is 0 Å². The summed E-state index contributed by atoms with van der Waals surface area (Å²) >= 11 is 2.16. The monoisotopic (exact) mass is 300 g/mol. The van der Waals surface area contributed by atoms with Gasteiger partial charge in [0.1, 0.15) is 0 Å². The summed E-state index contributed by atoms with van der Waals surface area (Å²) in [6.45, 7) is 6.95. The fourth-order valence-electron chi connectivity index (χ4n) is 1.70. The van der Waals surface area contributed by atoms with E-state index in [-0.39, 0.29) is 10.2 Å². The van der Waals surface area contributed by atoms with Crippen molar-refractivity contribution in [3.63, 3.8) is 0 Å². The molecule has 0 heterocycles. The van der Waals surface area contributed by atoms with Crippen LogP contribution in [0.3, 0.4) is 0 Å². The van der Waals surface area contributed by atoms with Crippen LogP contribution in [0.1, 0.15) is 0 Å². The van der Waals surface area contributed by atoms with Crippen LogP contribution in [-0.4, -0.2) is 10.2 Å². The second-order valence-electron chi connectivity index (χ2n) is 3.86. The van der Waals surface area contributed by atoms with Crippen LogP contribution in [0, 0.1) is 0 Å². The summed E-state index contributed by atoms with van der Waals surface area (Å²) in [6, 6.07) is 11.6. The van der Waals surface area contributed by atoms with Crippen molar-refractivity contribution in [1.82, 2.24) is 0 Å². The first-order chi connectivity index (χ1) is 9.65. The Morgan fingerprint density at radius 2 is 1.55 bits per heavy atom. The van der Waals surface area contributed by atoms with Crippen molar-refractivity contribution in [3.8, 4) is 0 Å². The second kappa shape index (κ2) is 6.59. The van der Waals surface area contributed by atoms with Crippen molar-refractivity contribution in [2.24, 2.45) is 0 Å². The Kier molecular flexibility index (Phi) is 4.82. The van der Waals surface area contributed by atoms with Gasteiger partial charge in [0.15, 0.2) is 0 Å². The Morgan fingerprint density at radius 3 is 2.25 bits per heavy atom. The average molecular weight is 300 g/mol. The molecule has 0 radical (unpaired) electrons. The Hall–Kier alpha value is -1.78. The highest BCUT2D eigenvalue weighted by Crippen LogP contribution is 2.37. The molecule has 100 valence electrons. The smallest absolute Gasteiger partial charge is 0.216 e. The van der Waals surface area contributed by atoms with Gasteiger partial charge in [-0.3, -0.25) is 9.59 Å². The van der Waals surface area contributed by atoms with Crippen molar-refractivity contribution < 1.29 is 9.59 Å². The minimum Gasteiger partial charge on any atom is -0.282 e. The fraction of sp³-hybridized carbons (Fsp3) is 0. The van der Waals surface area contributed by atoms with Crippen LogP contribution in [0.5, 0.6) is 0 Å². The molecule has 20 heavy (non-hydrogen) atoms. The molecule has 0 N–H and O–H groups in total. The van der Waals surface area contributed by atoms with Gasteiger partial charge in [-0.15, -0.1) is 0 Å². The van der Waals surface area contributed by atoms with Crippen LogP contribution < -0.4 is 0 Å². The van der Waals surface area contributed by atoms with E-state index in [2.05, 4.69) is 13.2 Å². The molecule has 0 amide bonds. The summed E-state index contributed by atoms with van der Waals surface area (Å²) in [7, 11) is 0. The molecule has 0 unspecified atom stereocenters. The van der Waals surface area contributed by atoms with Gasteiger partial charge in [-0.05, 0) is 52.5 Å². The lowest BCUT2D eigenvalue weighted by molar-refractivity contribution is -0.107. The van der Waals surface area contributed by atoms with Crippen molar-refractivity contribution in [2.45, 2.75) is 9.79 Å². The first-order valence-corrected chi connectivity index (χ1v) is 7.49. The summed E-state index contributed by atoms with van der Waals surface area (Å²) in [6.07, 6.45) is 2.54. The standard InChI is InChI=1S/C16H12O2S2/c1-3-14(17)19-13-10-9-11-7-5-6-8-12(11)16(13)20-15(18)4-2/h3-10H,1-2H2. The zero-order chi connectivity index (χ0) is 14.5. The number of carbonyl (C=O) groups is 2. The van der Waals surface area contributed by atoms with Gasteiger partial charge >= 0.3 is 0 Å². The summed E-state index contributed by atoms with van der Waals surface area (Å²) in [5.41, 5.74) is 0. The van der Waals surface area contributed by atoms with E-state index in [0.29, 0.717) is 0 Å². The Morgan fingerprint density at radius 1 is 0.900 bits per heavy atom. The van der Waals surface area contributed by atoms with E-state index in [1.807, 2.05) is 36.4 Å². The number of carbonyl (C=O) groups excluding carboxylic acids is 2. The first kappa shape index (κ1) is 14.6. The molecule has 2 rings (SSSR count). The van der Waals surface area contributed by atoms with E-state index < -0.39 is 0 Å². The van der Waals surface area contributed by atoms with Crippen LogP contribution in [0.2, 0.25) is 0 Å². The summed E-state index contributed by atoms with van der Waals surface area (Å²) in [5.74, 6) is 0. The van der Waals surface area contributed by atoms with Crippen molar-refractivity contribution >= 4 is 44.5 Å². The summed E-state index contributed by atoms with van der Waals surface area (Å²) in [5, 5.41) is 1.69. The van der Waals surface area contributed by atoms with E-state index in [1.165, 1.54) is 12.2 Å². The van der Waals surface area contributed by atoms with E-state index in [9.17, 15) is 9.59 Å². The number of fused-ring (bicyclic) bond motifs is 1. The van der Waals surface area contributed by atoms with Crippen molar-refractivity contribution in [1.29, 1.82) is 0 Å². The minimum atomic E-state index is -0.145. The SMILES string of the molecule is C=CC(=O)Sc1ccc2ccccc2c1SC(=O)C=C. The predicted molar refractivity (Wildman–Crippen MR) is 86.1 cm³/mol. The molecule has 0 saturated heterocycles.